The highest BCUT2D eigenvalue weighted by atomic mass is 127. The number of nitrogens with one attached hydrogen (secondary N) is 1. The molecule has 154 valence electrons. The van der Waals surface area contributed by atoms with Crippen molar-refractivity contribution < 1.29 is 14.2 Å². The summed E-state index contributed by atoms with van der Waals surface area (Å²) in [6.45, 7) is 6.19. The highest BCUT2D eigenvalue weighted by Crippen LogP contribution is 2.15. The van der Waals surface area contributed by atoms with E-state index in [0.29, 0.717) is 24.7 Å². The lowest BCUT2D eigenvalue weighted by Gasteiger charge is -2.23. The predicted molar refractivity (Wildman–Crippen MR) is 122 cm³/mol. The fourth-order valence-electron chi connectivity index (χ4n) is 2.64. The van der Waals surface area contributed by atoms with Crippen LogP contribution in [0.5, 0.6) is 5.75 Å². The molecule has 0 amide bonds. The molecule has 0 aromatic heterocycles. The minimum absolute atomic E-state index is 0. The van der Waals surface area contributed by atoms with Crippen molar-refractivity contribution in [3.63, 3.8) is 0 Å². The Balaban J connectivity index is 0.00000392. The number of hydrogen-bond acceptors (Lipinski definition) is 3. The normalized spacial score (nSPS) is 12.1. The first-order chi connectivity index (χ1) is 13.0. The number of rotatable bonds is 8. The zero-order valence-corrected chi connectivity index (χ0v) is 18.9. The molecule has 5 nitrogen and oxygen atoms in total. The Morgan fingerprint density at radius 1 is 1.14 bits per heavy atom. The Hall–Kier alpha value is -1.87. The van der Waals surface area contributed by atoms with Gasteiger partial charge in [-0.1, -0.05) is 24.3 Å². The van der Waals surface area contributed by atoms with E-state index in [4.69, 9.17) is 4.74 Å². The van der Waals surface area contributed by atoms with Crippen LogP contribution in [0.25, 0.3) is 0 Å². The Morgan fingerprint density at radius 3 is 2.36 bits per heavy atom. The Labute approximate surface area is 183 Å². The van der Waals surface area contributed by atoms with Crippen molar-refractivity contribution in [2.45, 2.75) is 26.5 Å². The van der Waals surface area contributed by atoms with Crippen LogP contribution >= 0.6 is 24.0 Å². The molecule has 2 aromatic carbocycles. The van der Waals surface area contributed by atoms with E-state index in [1.165, 1.54) is 12.1 Å². The number of halogens is 2. The van der Waals surface area contributed by atoms with Gasteiger partial charge in [0.25, 0.3) is 0 Å². The molecule has 7 heteroatoms. The fraction of sp³-hybridized carbons (Fsp3) is 0.381. The molecule has 0 saturated carbocycles. The van der Waals surface area contributed by atoms with Crippen LogP contribution in [0.3, 0.4) is 0 Å². The predicted octanol–water partition coefficient (Wildman–Crippen LogP) is 3.97. The second-order valence-corrected chi connectivity index (χ2v) is 6.19. The fourth-order valence-corrected chi connectivity index (χ4v) is 2.64. The van der Waals surface area contributed by atoms with Gasteiger partial charge in [0.1, 0.15) is 11.6 Å². The van der Waals surface area contributed by atoms with Gasteiger partial charge in [0.15, 0.2) is 5.96 Å². The molecule has 0 heterocycles. The van der Waals surface area contributed by atoms with Crippen LogP contribution in [0.1, 0.15) is 31.1 Å². The van der Waals surface area contributed by atoms with Crippen molar-refractivity contribution in [3.05, 3.63) is 65.5 Å². The molecule has 0 aliphatic rings. The van der Waals surface area contributed by atoms with Crippen molar-refractivity contribution >= 4 is 29.9 Å². The van der Waals surface area contributed by atoms with E-state index in [0.717, 1.165) is 17.9 Å². The maximum atomic E-state index is 13.0. The third-order valence-corrected chi connectivity index (χ3v) is 4.02. The summed E-state index contributed by atoms with van der Waals surface area (Å²) in [7, 11) is 1.95. The van der Waals surface area contributed by atoms with E-state index in [1.807, 2.05) is 50.1 Å². The average molecular weight is 501 g/mol. The van der Waals surface area contributed by atoms with Gasteiger partial charge in [-0.2, -0.15) is 0 Å². The first-order valence-electron chi connectivity index (χ1n) is 9.18. The van der Waals surface area contributed by atoms with E-state index in [-0.39, 0.29) is 36.3 Å². The monoisotopic (exact) mass is 501 g/mol. The lowest BCUT2D eigenvalue weighted by atomic mass is 10.1. The lowest BCUT2D eigenvalue weighted by Crippen LogP contribution is -2.38. The third-order valence-electron chi connectivity index (χ3n) is 4.02. The Bertz CT molecular complexity index is 723. The molecule has 0 aliphatic carbocycles. The van der Waals surface area contributed by atoms with E-state index in [1.54, 1.807) is 12.1 Å². The zero-order valence-electron chi connectivity index (χ0n) is 16.6. The van der Waals surface area contributed by atoms with Gasteiger partial charge < -0.3 is 20.1 Å². The molecule has 2 aromatic rings. The highest BCUT2D eigenvalue weighted by Gasteiger charge is 2.10. The molecule has 1 unspecified atom stereocenters. The van der Waals surface area contributed by atoms with Gasteiger partial charge in [-0.3, -0.25) is 4.99 Å². The summed E-state index contributed by atoms with van der Waals surface area (Å²) in [5.74, 6) is 1.23. The second-order valence-electron chi connectivity index (χ2n) is 6.19. The molecule has 0 bridgehead atoms. The molecule has 0 fully saturated rings. The molecule has 0 radical (unpaired) electrons. The summed E-state index contributed by atoms with van der Waals surface area (Å²) in [6, 6.07) is 13.8. The van der Waals surface area contributed by atoms with Crippen LogP contribution in [-0.4, -0.2) is 42.7 Å². The van der Waals surface area contributed by atoms with Gasteiger partial charge in [-0.25, -0.2) is 4.39 Å². The van der Waals surface area contributed by atoms with Gasteiger partial charge in [0, 0.05) is 20.1 Å². The van der Waals surface area contributed by atoms with Crippen molar-refractivity contribution in [2.24, 2.45) is 4.99 Å². The first-order valence-corrected chi connectivity index (χ1v) is 9.18. The number of hydrogen-bond donors (Lipinski definition) is 2. The summed E-state index contributed by atoms with van der Waals surface area (Å²) < 4.78 is 18.5. The molecule has 0 aliphatic heterocycles. The van der Waals surface area contributed by atoms with E-state index >= 15 is 0 Å². The van der Waals surface area contributed by atoms with E-state index < -0.39 is 6.10 Å². The Kier molecular flexibility index (Phi) is 10.8. The molecular formula is C21H29FIN3O2. The van der Waals surface area contributed by atoms with Gasteiger partial charge in [-0.05, 0) is 49.2 Å². The maximum Gasteiger partial charge on any atom is 0.194 e. The van der Waals surface area contributed by atoms with Gasteiger partial charge in [-0.15, -0.1) is 24.0 Å². The van der Waals surface area contributed by atoms with Crippen LogP contribution in [0.15, 0.2) is 53.5 Å². The van der Waals surface area contributed by atoms with E-state index in [2.05, 4.69) is 10.3 Å². The van der Waals surface area contributed by atoms with E-state index in [9.17, 15) is 9.50 Å². The number of guanidine groups is 1. The summed E-state index contributed by atoms with van der Waals surface area (Å²) in [4.78, 5) is 6.51. The summed E-state index contributed by atoms with van der Waals surface area (Å²) in [6.07, 6.45) is -0.780. The number of aliphatic imine (C=N–C) groups is 1. The number of aliphatic hydroxyl groups excluding tert-OH is 1. The SMILES string of the molecule is CCNC(=NCC(O)c1ccc(F)cc1)N(C)Cc1ccc(OCC)cc1.I. The molecule has 2 N–H and O–H groups in total. The van der Waals surface area contributed by atoms with Crippen molar-refractivity contribution in [2.75, 3.05) is 26.7 Å². The molecule has 1 atom stereocenters. The van der Waals surface area contributed by atoms with Crippen molar-refractivity contribution in [1.29, 1.82) is 0 Å². The van der Waals surface area contributed by atoms with Crippen LogP contribution in [0, 0.1) is 5.82 Å². The van der Waals surface area contributed by atoms with Crippen LogP contribution < -0.4 is 10.1 Å². The topological polar surface area (TPSA) is 57.1 Å². The zero-order chi connectivity index (χ0) is 19.6. The second kappa shape index (κ2) is 12.6. The molecule has 0 saturated heterocycles. The van der Waals surface area contributed by atoms with Crippen molar-refractivity contribution in [3.8, 4) is 5.75 Å². The minimum Gasteiger partial charge on any atom is -0.494 e. The molecular weight excluding hydrogens is 472 g/mol. The molecule has 0 spiro atoms. The number of ether oxygens (including phenoxy) is 1. The lowest BCUT2D eigenvalue weighted by molar-refractivity contribution is 0.186. The number of benzene rings is 2. The quantitative estimate of drug-likeness (QED) is 0.327. The third kappa shape index (κ3) is 7.63. The standard InChI is InChI=1S/C21H28FN3O2.HI/c1-4-23-21(24-14-20(26)17-8-10-18(22)11-9-17)25(3)15-16-6-12-19(13-7-16)27-5-2;/h6-13,20,26H,4-5,14-15H2,1-3H3,(H,23,24);1H. The Morgan fingerprint density at radius 2 is 1.79 bits per heavy atom. The van der Waals surface area contributed by atoms with Crippen LogP contribution in [0.4, 0.5) is 4.39 Å². The van der Waals surface area contributed by atoms with Gasteiger partial charge in [0.2, 0.25) is 0 Å². The van der Waals surface area contributed by atoms with Crippen LogP contribution in [0.2, 0.25) is 0 Å². The summed E-state index contributed by atoms with van der Waals surface area (Å²) in [5.41, 5.74) is 1.77. The summed E-state index contributed by atoms with van der Waals surface area (Å²) >= 11 is 0. The molecule has 2 rings (SSSR count). The van der Waals surface area contributed by atoms with Crippen LogP contribution in [-0.2, 0) is 6.54 Å². The smallest absolute Gasteiger partial charge is 0.194 e. The first kappa shape index (κ1) is 24.2. The van der Waals surface area contributed by atoms with Crippen molar-refractivity contribution in [1.82, 2.24) is 10.2 Å². The van der Waals surface area contributed by atoms with Gasteiger partial charge in [0.05, 0.1) is 19.3 Å². The summed E-state index contributed by atoms with van der Waals surface area (Å²) in [5, 5.41) is 13.5. The number of nitrogens with zero attached hydrogens (tertiary/aromatic N) is 2. The average Bonchev–Trinajstić information content (AvgIpc) is 2.67. The maximum absolute atomic E-state index is 13.0. The largest absolute Gasteiger partial charge is 0.494 e. The molecule has 28 heavy (non-hydrogen) atoms. The van der Waals surface area contributed by atoms with Gasteiger partial charge >= 0.3 is 0 Å². The number of aliphatic hydroxyl groups is 1. The minimum atomic E-state index is -0.780. The highest BCUT2D eigenvalue weighted by molar-refractivity contribution is 14.0.